The smallest absolute Gasteiger partial charge is 0.351 e. The Labute approximate surface area is 213 Å². The SMILES string of the molecule is COC(=O)Cn1nc(CC2CCN(C(=O)C3CC3)C2)n(-c2ccc(-c3ccc4occc4c3)cc2)c1=O. The van der Waals surface area contributed by atoms with E-state index in [9.17, 15) is 14.4 Å². The number of ether oxygens (including phenoxy) is 1. The molecule has 2 aliphatic rings. The standard InChI is InChI=1S/C28H28N4O5/c1-36-26(33)17-31-28(35)32(25(29-31)14-18-10-12-30(16-18)27(34)20-2-3-20)23-7-4-19(5-8-23)21-6-9-24-22(15-21)11-13-37-24/h4-9,11,13,15,18,20H,2-3,10,12,14,16-17H2,1H3. The fourth-order valence-corrected chi connectivity index (χ4v) is 5.13. The molecule has 0 spiro atoms. The van der Waals surface area contributed by atoms with Crippen molar-refractivity contribution in [1.82, 2.24) is 19.2 Å². The van der Waals surface area contributed by atoms with Gasteiger partial charge in [-0.15, -0.1) is 0 Å². The fraction of sp³-hybridized carbons (Fsp3) is 0.357. The lowest BCUT2D eigenvalue weighted by Crippen LogP contribution is -2.30. The van der Waals surface area contributed by atoms with Gasteiger partial charge in [-0.25, -0.2) is 14.0 Å². The van der Waals surface area contributed by atoms with Crippen molar-refractivity contribution >= 4 is 22.8 Å². The van der Waals surface area contributed by atoms with Crippen LogP contribution >= 0.6 is 0 Å². The lowest BCUT2D eigenvalue weighted by atomic mass is 10.0. The number of fused-ring (bicyclic) bond motifs is 1. The number of carbonyl (C=O) groups is 2. The van der Waals surface area contributed by atoms with E-state index >= 15 is 0 Å². The summed E-state index contributed by atoms with van der Waals surface area (Å²) in [5, 5.41) is 5.54. The van der Waals surface area contributed by atoms with Gasteiger partial charge in [0.2, 0.25) is 5.91 Å². The van der Waals surface area contributed by atoms with E-state index in [1.54, 1.807) is 10.8 Å². The molecule has 6 rings (SSSR count). The van der Waals surface area contributed by atoms with Crippen LogP contribution in [0.15, 0.2) is 64.0 Å². The van der Waals surface area contributed by atoms with Crippen molar-refractivity contribution in [3.05, 3.63) is 71.1 Å². The molecular formula is C28H28N4O5. The second-order valence-electron chi connectivity index (χ2n) is 9.91. The van der Waals surface area contributed by atoms with E-state index in [0.29, 0.717) is 24.5 Å². The maximum absolute atomic E-state index is 13.3. The quantitative estimate of drug-likeness (QED) is 0.361. The average Bonchev–Trinajstić information content (AvgIpc) is 3.34. The summed E-state index contributed by atoms with van der Waals surface area (Å²) in [6, 6.07) is 15.7. The number of amides is 1. The number of furan rings is 1. The zero-order valence-electron chi connectivity index (χ0n) is 20.6. The van der Waals surface area contributed by atoms with Gasteiger partial charge in [0.05, 0.1) is 19.1 Å². The molecule has 0 N–H and O–H groups in total. The topological polar surface area (TPSA) is 99.6 Å². The number of methoxy groups -OCH3 is 1. The van der Waals surface area contributed by atoms with E-state index in [0.717, 1.165) is 52.6 Å². The Kier molecular flexibility index (Phi) is 5.90. The highest BCUT2D eigenvalue weighted by atomic mass is 16.5. The molecule has 2 aromatic heterocycles. The minimum atomic E-state index is -0.537. The molecule has 1 aliphatic heterocycles. The number of hydrogen-bond donors (Lipinski definition) is 0. The molecule has 9 heteroatoms. The van der Waals surface area contributed by atoms with Crippen LogP contribution in [0.1, 0.15) is 25.1 Å². The molecule has 190 valence electrons. The van der Waals surface area contributed by atoms with Crippen LogP contribution in [0.25, 0.3) is 27.8 Å². The van der Waals surface area contributed by atoms with Gasteiger partial charge < -0.3 is 14.1 Å². The summed E-state index contributed by atoms with van der Waals surface area (Å²) in [7, 11) is 1.29. The molecule has 2 fully saturated rings. The summed E-state index contributed by atoms with van der Waals surface area (Å²) in [6.07, 6.45) is 5.05. The van der Waals surface area contributed by atoms with Crippen LogP contribution in [0, 0.1) is 11.8 Å². The molecule has 1 saturated heterocycles. The van der Waals surface area contributed by atoms with Crippen LogP contribution < -0.4 is 5.69 Å². The summed E-state index contributed by atoms with van der Waals surface area (Å²) >= 11 is 0. The van der Waals surface area contributed by atoms with Gasteiger partial charge in [0.1, 0.15) is 18.0 Å². The van der Waals surface area contributed by atoms with Crippen molar-refractivity contribution in [2.45, 2.75) is 32.2 Å². The Hall–Kier alpha value is -4.14. The molecule has 1 atom stereocenters. The molecule has 4 aromatic rings. The van der Waals surface area contributed by atoms with E-state index in [-0.39, 0.29) is 24.3 Å². The second kappa shape index (κ2) is 9.38. The number of benzene rings is 2. The largest absolute Gasteiger partial charge is 0.468 e. The van der Waals surface area contributed by atoms with E-state index in [4.69, 9.17) is 9.15 Å². The van der Waals surface area contributed by atoms with Crippen LogP contribution in [0.5, 0.6) is 0 Å². The molecule has 0 radical (unpaired) electrons. The predicted octanol–water partition coefficient (Wildman–Crippen LogP) is 3.42. The van der Waals surface area contributed by atoms with Crippen molar-refractivity contribution < 1.29 is 18.7 Å². The molecule has 1 aliphatic carbocycles. The molecule has 0 bridgehead atoms. The Morgan fingerprint density at radius 1 is 1.05 bits per heavy atom. The minimum Gasteiger partial charge on any atom is -0.468 e. The van der Waals surface area contributed by atoms with Gasteiger partial charge in [-0.3, -0.25) is 9.59 Å². The van der Waals surface area contributed by atoms with Gasteiger partial charge in [0.15, 0.2) is 0 Å². The lowest BCUT2D eigenvalue weighted by molar-refractivity contribution is -0.141. The van der Waals surface area contributed by atoms with Crippen LogP contribution in [-0.2, 0) is 27.3 Å². The summed E-state index contributed by atoms with van der Waals surface area (Å²) in [5.74, 6) is 0.692. The van der Waals surface area contributed by atoms with Gasteiger partial charge >= 0.3 is 11.7 Å². The van der Waals surface area contributed by atoms with Gasteiger partial charge in [-0.2, -0.15) is 5.10 Å². The first-order valence-corrected chi connectivity index (χ1v) is 12.6. The Balaban J connectivity index is 1.29. The van der Waals surface area contributed by atoms with E-state index < -0.39 is 11.7 Å². The van der Waals surface area contributed by atoms with Crippen LogP contribution in [0.4, 0.5) is 0 Å². The Morgan fingerprint density at radius 2 is 1.84 bits per heavy atom. The van der Waals surface area contributed by atoms with Gasteiger partial charge in [-0.1, -0.05) is 18.2 Å². The summed E-state index contributed by atoms with van der Waals surface area (Å²) in [4.78, 5) is 39.7. The second-order valence-corrected chi connectivity index (χ2v) is 9.91. The lowest BCUT2D eigenvalue weighted by Gasteiger charge is -2.16. The third-order valence-electron chi connectivity index (χ3n) is 7.32. The molecule has 2 aromatic carbocycles. The first-order chi connectivity index (χ1) is 18.0. The molecule has 37 heavy (non-hydrogen) atoms. The predicted molar refractivity (Wildman–Crippen MR) is 136 cm³/mol. The summed E-state index contributed by atoms with van der Waals surface area (Å²) in [6.45, 7) is 1.15. The number of carbonyl (C=O) groups excluding carboxylic acids is 2. The van der Waals surface area contributed by atoms with Crippen molar-refractivity contribution in [2.75, 3.05) is 20.2 Å². The van der Waals surface area contributed by atoms with Gasteiger partial charge in [-0.05, 0) is 66.6 Å². The Bertz CT molecular complexity index is 1530. The molecule has 9 nitrogen and oxygen atoms in total. The zero-order valence-corrected chi connectivity index (χ0v) is 20.6. The average molecular weight is 501 g/mol. The van der Waals surface area contributed by atoms with E-state index in [1.165, 1.54) is 7.11 Å². The zero-order chi connectivity index (χ0) is 25.5. The normalized spacial score (nSPS) is 17.4. The Morgan fingerprint density at radius 3 is 2.59 bits per heavy atom. The van der Waals surface area contributed by atoms with E-state index in [1.807, 2.05) is 47.4 Å². The summed E-state index contributed by atoms with van der Waals surface area (Å²) in [5.41, 5.74) is 3.16. The van der Waals surface area contributed by atoms with Crippen LogP contribution in [-0.4, -0.2) is 51.3 Å². The van der Waals surface area contributed by atoms with Crippen molar-refractivity contribution in [3.63, 3.8) is 0 Å². The minimum absolute atomic E-state index is 0.198. The number of aromatic nitrogens is 3. The maximum Gasteiger partial charge on any atom is 0.351 e. The molecular weight excluding hydrogens is 472 g/mol. The molecule has 1 saturated carbocycles. The highest BCUT2D eigenvalue weighted by molar-refractivity contribution is 5.83. The summed E-state index contributed by atoms with van der Waals surface area (Å²) < 4.78 is 12.9. The fourth-order valence-electron chi connectivity index (χ4n) is 5.13. The first kappa shape index (κ1) is 23.3. The third-order valence-corrected chi connectivity index (χ3v) is 7.32. The molecule has 1 amide bonds. The van der Waals surface area contributed by atoms with Crippen molar-refractivity contribution in [1.29, 1.82) is 0 Å². The van der Waals surface area contributed by atoms with Crippen LogP contribution in [0.2, 0.25) is 0 Å². The van der Waals surface area contributed by atoms with Crippen LogP contribution in [0.3, 0.4) is 0 Å². The number of likely N-dealkylation sites (tertiary alicyclic amines) is 1. The third kappa shape index (κ3) is 4.57. The molecule has 3 heterocycles. The molecule has 1 unspecified atom stereocenters. The van der Waals surface area contributed by atoms with Crippen molar-refractivity contribution in [2.24, 2.45) is 11.8 Å². The van der Waals surface area contributed by atoms with Crippen molar-refractivity contribution in [3.8, 4) is 16.8 Å². The highest BCUT2D eigenvalue weighted by Crippen LogP contribution is 2.33. The number of nitrogens with zero attached hydrogens (tertiary/aromatic N) is 4. The van der Waals surface area contributed by atoms with E-state index in [2.05, 4.69) is 11.2 Å². The van der Waals surface area contributed by atoms with Gasteiger partial charge in [0.25, 0.3) is 0 Å². The van der Waals surface area contributed by atoms with Gasteiger partial charge in [0, 0.05) is 30.8 Å². The number of hydrogen-bond acceptors (Lipinski definition) is 6. The highest BCUT2D eigenvalue weighted by Gasteiger charge is 2.37. The number of esters is 1. The first-order valence-electron chi connectivity index (χ1n) is 12.6. The number of rotatable bonds is 7. The monoisotopic (exact) mass is 500 g/mol. The maximum atomic E-state index is 13.3.